The number of hydrogen-bond donors (Lipinski definition) is 4. The summed E-state index contributed by atoms with van der Waals surface area (Å²) < 4.78 is 46.3. The van der Waals surface area contributed by atoms with Crippen molar-refractivity contribution in [3.05, 3.63) is 99.8 Å². The van der Waals surface area contributed by atoms with Gasteiger partial charge in [-0.2, -0.15) is 0 Å². The number of nitrogens with one attached hydrogen (secondary N) is 4. The van der Waals surface area contributed by atoms with Gasteiger partial charge in [0.05, 0.1) is 74.6 Å². The second-order valence-corrected chi connectivity index (χ2v) is 22.7. The minimum atomic E-state index is -0.894. The number of piperidine rings is 1. The van der Waals surface area contributed by atoms with Crippen molar-refractivity contribution >= 4 is 35.5 Å². The summed E-state index contributed by atoms with van der Waals surface area (Å²) in [7, 11) is 2.59. The van der Waals surface area contributed by atoms with E-state index in [9.17, 15) is 19.2 Å². The fourth-order valence-electron chi connectivity index (χ4n) is 13.9. The molecule has 8 heterocycles. The molecule has 12 rings (SSSR count). The Morgan fingerprint density at radius 3 is 2.53 bits per heavy atom. The van der Waals surface area contributed by atoms with Crippen molar-refractivity contribution in [2.24, 2.45) is 22.7 Å². The van der Waals surface area contributed by atoms with E-state index in [0.29, 0.717) is 98.8 Å². The summed E-state index contributed by atoms with van der Waals surface area (Å²) in [5, 5.41) is 9.14. The maximum Gasteiger partial charge on any atom is 0.407 e. The van der Waals surface area contributed by atoms with E-state index in [4.69, 9.17) is 33.7 Å². The van der Waals surface area contributed by atoms with E-state index in [-0.39, 0.29) is 66.0 Å². The van der Waals surface area contributed by atoms with Crippen LogP contribution < -0.4 is 25.6 Å². The van der Waals surface area contributed by atoms with Crippen molar-refractivity contribution in [3.8, 4) is 17.0 Å². The smallest absolute Gasteiger partial charge is 0.407 e. The second kappa shape index (κ2) is 20.6. The number of hydrogen-bond acceptors (Lipinski definition) is 13. The van der Waals surface area contributed by atoms with Crippen LogP contribution in [0.25, 0.3) is 11.3 Å². The lowest BCUT2D eigenvalue weighted by Crippen LogP contribution is -2.54. The van der Waals surface area contributed by atoms with E-state index in [0.717, 1.165) is 59.3 Å². The lowest BCUT2D eigenvalue weighted by atomic mass is 9.87. The molecule has 2 aromatic carbocycles. The standard InChI is InChI=1S/C58H70FN9O9/c1-29(2)19-40(64-57(71)73-5)54(69)66-16-7-10-44(66)52-60-28-42(63-52)36-22-39(59)49-45-23-37-21-33(13-14-43(37)67(45)56(77-48(49)25-36)35-12-11-32-9-8-17-76-47(32)24-35)41-27-61-53(62-41)46-26-38-31(4)51(38)68(46)55(70)50(65-58(72)74-6)34-15-18-75-30(3)20-34/h11-14,19,21-22,25,27,30-31,34,38,40,42,44-47,50-51,56H,7-10,15-18,20,23-24,26,28H2,1-6H3,(H,60,63)(H,61,62)(H,64,71)(H,65,72)/t30-,31-,34?,38?,40?,42?,44+,45?,46+,47?,50?,51-,56?/m1/s1. The first-order valence-corrected chi connectivity index (χ1v) is 27.6. The van der Waals surface area contributed by atoms with Gasteiger partial charge in [-0.3, -0.25) is 14.6 Å². The predicted octanol–water partition coefficient (Wildman–Crippen LogP) is 7.65. The number of amidine groups is 1. The first kappa shape index (κ1) is 51.1. The van der Waals surface area contributed by atoms with Gasteiger partial charge in [-0.25, -0.2) is 19.0 Å². The number of likely N-dealkylation sites (tertiary alicyclic amines) is 2. The average molecular weight is 1060 g/mol. The Bertz CT molecular complexity index is 2990. The summed E-state index contributed by atoms with van der Waals surface area (Å²) in [5.74, 6) is 1.72. The number of imidazole rings is 1. The SMILES string of the molecule is COC(=O)NC(C=C(C)C)C(=O)N1CCC[C@H]1C1=NCC(c2cc(F)c3c(c2)OC(C2=CC=C4CCCOC4C2)N2c4ccc(-c5cnc([C@@H]6CC7[C@@H](C)[C@H]7N6C(=O)C(NC(=O)OC)C6CCO[C@H](C)C6)[nH]5)cc4CC32)N1. The van der Waals surface area contributed by atoms with E-state index in [1.807, 2.05) is 37.9 Å². The van der Waals surface area contributed by atoms with Crippen molar-refractivity contribution in [1.29, 1.82) is 0 Å². The zero-order valence-corrected chi connectivity index (χ0v) is 44.7. The number of alkyl carbamates (subject to hydrolysis) is 2. The highest BCUT2D eigenvalue weighted by Crippen LogP contribution is 2.58. The van der Waals surface area contributed by atoms with Gasteiger partial charge in [-0.05, 0) is 142 Å². The quantitative estimate of drug-likeness (QED) is 0.137. The number of allylic oxidation sites excluding steroid dienone is 3. The molecule has 3 aromatic rings. The predicted molar refractivity (Wildman–Crippen MR) is 283 cm³/mol. The highest BCUT2D eigenvalue weighted by atomic mass is 19.1. The number of carbonyl (C=O) groups excluding carboxylic acids is 4. The van der Waals surface area contributed by atoms with Crippen LogP contribution in [0.15, 0.2) is 76.5 Å². The molecule has 18 nitrogen and oxygen atoms in total. The van der Waals surface area contributed by atoms with Gasteiger partial charge in [0.1, 0.15) is 35.3 Å². The summed E-state index contributed by atoms with van der Waals surface area (Å²) in [4.78, 5) is 73.1. The molecule has 1 saturated carbocycles. The first-order valence-electron chi connectivity index (χ1n) is 27.6. The van der Waals surface area contributed by atoms with Crippen LogP contribution >= 0.6 is 0 Å². The van der Waals surface area contributed by atoms with Crippen LogP contribution in [0.4, 0.5) is 19.7 Å². The molecule has 408 valence electrons. The van der Waals surface area contributed by atoms with Gasteiger partial charge in [0.15, 0.2) is 6.23 Å². The van der Waals surface area contributed by atoms with Crippen molar-refractivity contribution < 1.29 is 47.3 Å². The largest absolute Gasteiger partial charge is 0.466 e. The second-order valence-electron chi connectivity index (χ2n) is 22.7. The van der Waals surface area contributed by atoms with E-state index < -0.39 is 30.5 Å². The number of aromatic amines is 1. The molecule has 0 bridgehead atoms. The summed E-state index contributed by atoms with van der Waals surface area (Å²) in [5.41, 5.74) is 8.15. The number of fused-ring (bicyclic) bond motifs is 7. The topological polar surface area (TPSA) is 201 Å². The number of carbonyl (C=O) groups is 4. The van der Waals surface area contributed by atoms with Gasteiger partial charge in [-0.15, -0.1) is 0 Å². The summed E-state index contributed by atoms with van der Waals surface area (Å²) in [6.45, 7) is 10.0. The zero-order valence-electron chi connectivity index (χ0n) is 44.7. The molecule has 8 unspecified atom stereocenters. The Morgan fingerprint density at radius 2 is 1.73 bits per heavy atom. The highest BCUT2D eigenvalue weighted by molar-refractivity contribution is 5.96. The minimum absolute atomic E-state index is 0.0282. The molecular weight excluding hydrogens is 986 g/mol. The van der Waals surface area contributed by atoms with Crippen LogP contribution in [0.2, 0.25) is 0 Å². The molecule has 0 radical (unpaired) electrons. The lowest BCUT2D eigenvalue weighted by Gasteiger charge is -2.43. The molecule has 4 N–H and O–H groups in total. The molecule has 2 aliphatic carbocycles. The number of methoxy groups -OCH3 is 2. The lowest BCUT2D eigenvalue weighted by molar-refractivity contribution is -0.139. The molecule has 19 heteroatoms. The minimum Gasteiger partial charge on any atom is -0.466 e. The van der Waals surface area contributed by atoms with Gasteiger partial charge in [-0.1, -0.05) is 36.8 Å². The van der Waals surface area contributed by atoms with E-state index >= 15 is 4.39 Å². The van der Waals surface area contributed by atoms with Gasteiger partial charge in [0, 0.05) is 37.9 Å². The third kappa shape index (κ3) is 9.44. The first-order chi connectivity index (χ1) is 37.3. The number of H-pyrrole nitrogens is 1. The van der Waals surface area contributed by atoms with Crippen LogP contribution in [0.5, 0.6) is 5.75 Å². The Kier molecular flexibility index (Phi) is 13.6. The van der Waals surface area contributed by atoms with E-state index in [2.05, 4.69) is 63.1 Å². The summed E-state index contributed by atoms with van der Waals surface area (Å²) in [6, 6.07) is 6.96. The number of anilines is 1. The molecule has 77 heavy (non-hydrogen) atoms. The Hall–Kier alpha value is -6.73. The molecule has 13 atom stereocenters. The molecule has 0 spiro atoms. The van der Waals surface area contributed by atoms with Crippen LogP contribution in [-0.2, 0) is 35.0 Å². The number of amides is 4. The Balaban J connectivity index is 0.813. The number of rotatable bonds is 11. The van der Waals surface area contributed by atoms with Crippen LogP contribution in [0.3, 0.4) is 0 Å². The maximum absolute atomic E-state index is 17.2. The number of ether oxygens (including phenoxy) is 5. The van der Waals surface area contributed by atoms with Crippen molar-refractivity contribution in [3.63, 3.8) is 0 Å². The molecule has 1 aromatic heterocycles. The molecule has 4 saturated heterocycles. The van der Waals surface area contributed by atoms with Crippen LogP contribution in [0.1, 0.15) is 120 Å². The number of aromatic nitrogens is 2. The highest BCUT2D eigenvalue weighted by Gasteiger charge is 2.62. The maximum atomic E-state index is 17.2. The number of aliphatic imine (C=N–C) groups is 1. The fraction of sp³-hybridized carbons (Fsp3) is 0.552. The third-order valence-corrected chi connectivity index (χ3v) is 17.7. The van der Waals surface area contributed by atoms with Crippen LogP contribution in [-0.4, -0.2) is 133 Å². The van der Waals surface area contributed by atoms with Crippen molar-refractivity contribution in [2.45, 2.75) is 146 Å². The van der Waals surface area contributed by atoms with Gasteiger partial charge >= 0.3 is 12.2 Å². The number of benzene rings is 2. The Morgan fingerprint density at radius 1 is 0.909 bits per heavy atom. The van der Waals surface area contributed by atoms with Gasteiger partial charge in [0.2, 0.25) is 11.8 Å². The fourth-order valence-corrected chi connectivity index (χ4v) is 13.9. The van der Waals surface area contributed by atoms with Gasteiger partial charge in [0.25, 0.3) is 0 Å². The molecule has 5 fully saturated rings. The average Bonchev–Trinajstić information content (AvgIpc) is 4.41. The summed E-state index contributed by atoms with van der Waals surface area (Å²) >= 11 is 0. The van der Waals surface area contributed by atoms with Crippen molar-refractivity contribution in [1.82, 2.24) is 35.7 Å². The Labute approximate surface area is 448 Å². The molecule has 4 amide bonds. The zero-order chi connectivity index (χ0) is 53.4. The number of nitrogens with zero attached hydrogens (tertiary/aromatic N) is 5. The molecule has 9 aliphatic rings. The number of halogens is 1. The molecular formula is C58H70FN9O9. The summed E-state index contributed by atoms with van der Waals surface area (Å²) in [6.07, 6.45) is 12.7. The molecule has 7 aliphatic heterocycles. The monoisotopic (exact) mass is 1060 g/mol. The van der Waals surface area contributed by atoms with Gasteiger partial charge < -0.3 is 59.3 Å². The van der Waals surface area contributed by atoms with E-state index in [1.54, 1.807) is 17.0 Å². The van der Waals surface area contributed by atoms with Crippen LogP contribution in [0, 0.1) is 23.6 Å². The normalized spacial score (nSPS) is 30.4. The third-order valence-electron chi connectivity index (χ3n) is 17.7. The van der Waals surface area contributed by atoms with Crippen molar-refractivity contribution in [2.75, 3.05) is 45.4 Å². The van der Waals surface area contributed by atoms with E-state index in [1.165, 1.54) is 19.8 Å².